The predicted molar refractivity (Wildman–Crippen MR) is 111 cm³/mol. The number of nitrogens with one attached hydrogen (secondary N) is 2. The predicted octanol–water partition coefficient (Wildman–Crippen LogP) is 5.61. The number of amides is 2. The van der Waals surface area contributed by atoms with Crippen LogP contribution >= 0.6 is 0 Å². The Balaban J connectivity index is 1.63. The van der Waals surface area contributed by atoms with Crippen LogP contribution in [-0.2, 0) is 6.18 Å². The number of ether oxygens (including phenoxy) is 1. The molecular formula is C23H19F3N2O3. The van der Waals surface area contributed by atoms with Crippen molar-refractivity contribution in [2.75, 3.05) is 17.2 Å². The summed E-state index contributed by atoms with van der Waals surface area (Å²) in [4.78, 5) is 24.7. The molecule has 0 fully saturated rings. The molecule has 0 aliphatic rings. The first-order chi connectivity index (χ1) is 14.8. The molecule has 0 aromatic heterocycles. The second kappa shape index (κ2) is 9.34. The number of carbonyl (C=O) groups excluding carboxylic acids is 2. The lowest BCUT2D eigenvalue weighted by Crippen LogP contribution is -2.14. The minimum Gasteiger partial charge on any atom is -0.494 e. The van der Waals surface area contributed by atoms with Gasteiger partial charge in [-0.05, 0) is 73.7 Å². The summed E-state index contributed by atoms with van der Waals surface area (Å²) >= 11 is 0. The first-order valence-corrected chi connectivity index (χ1v) is 9.39. The largest absolute Gasteiger partial charge is 0.494 e. The van der Waals surface area contributed by atoms with Gasteiger partial charge in [0, 0.05) is 22.5 Å². The Kier molecular flexibility index (Phi) is 6.59. The van der Waals surface area contributed by atoms with Gasteiger partial charge in [-0.25, -0.2) is 0 Å². The molecule has 8 heteroatoms. The number of rotatable bonds is 6. The van der Waals surface area contributed by atoms with Gasteiger partial charge in [0.05, 0.1) is 12.2 Å². The Labute approximate surface area is 176 Å². The molecule has 3 aromatic carbocycles. The molecule has 2 N–H and O–H groups in total. The molecule has 31 heavy (non-hydrogen) atoms. The zero-order valence-corrected chi connectivity index (χ0v) is 16.5. The number of carbonyl (C=O) groups is 2. The van der Waals surface area contributed by atoms with E-state index in [1.165, 1.54) is 36.4 Å². The van der Waals surface area contributed by atoms with Crippen LogP contribution in [-0.4, -0.2) is 18.4 Å². The number of hydrogen-bond donors (Lipinski definition) is 2. The lowest BCUT2D eigenvalue weighted by Gasteiger charge is -2.10. The van der Waals surface area contributed by atoms with E-state index in [4.69, 9.17) is 4.74 Å². The molecule has 3 aromatic rings. The maximum atomic E-state index is 12.8. The molecule has 0 saturated heterocycles. The van der Waals surface area contributed by atoms with Crippen molar-refractivity contribution in [1.82, 2.24) is 0 Å². The Bertz CT molecular complexity index is 1060. The van der Waals surface area contributed by atoms with Gasteiger partial charge in [0.2, 0.25) is 0 Å². The molecule has 0 spiro atoms. The van der Waals surface area contributed by atoms with Crippen molar-refractivity contribution in [3.8, 4) is 5.75 Å². The summed E-state index contributed by atoms with van der Waals surface area (Å²) in [6.07, 6.45) is -4.50. The fourth-order valence-corrected chi connectivity index (χ4v) is 2.75. The summed E-state index contributed by atoms with van der Waals surface area (Å²) in [5.41, 5.74) is 0.325. The lowest BCUT2D eigenvalue weighted by molar-refractivity contribution is -0.137. The molecule has 0 atom stereocenters. The van der Waals surface area contributed by atoms with Crippen LogP contribution in [0.15, 0.2) is 72.8 Å². The third-order valence-electron chi connectivity index (χ3n) is 4.28. The van der Waals surface area contributed by atoms with Gasteiger partial charge < -0.3 is 15.4 Å². The minimum absolute atomic E-state index is 0.0349. The van der Waals surface area contributed by atoms with Crippen molar-refractivity contribution in [1.29, 1.82) is 0 Å². The van der Waals surface area contributed by atoms with Gasteiger partial charge in [-0.3, -0.25) is 9.59 Å². The Morgan fingerprint density at radius 2 is 1.35 bits per heavy atom. The lowest BCUT2D eigenvalue weighted by atomic mass is 10.1. The van der Waals surface area contributed by atoms with Crippen LogP contribution in [0.25, 0.3) is 0 Å². The maximum absolute atomic E-state index is 12.8. The van der Waals surface area contributed by atoms with E-state index in [0.717, 1.165) is 12.1 Å². The van der Waals surface area contributed by atoms with Gasteiger partial charge in [-0.1, -0.05) is 6.07 Å². The van der Waals surface area contributed by atoms with E-state index in [0.29, 0.717) is 23.6 Å². The summed E-state index contributed by atoms with van der Waals surface area (Å²) in [7, 11) is 0. The molecule has 2 amide bonds. The molecule has 0 heterocycles. The summed E-state index contributed by atoms with van der Waals surface area (Å²) in [5.74, 6) is -0.233. The summed E-state index contributed by atoms with van der Waals surface area (Å²) in [5, 5.41) is 5.15. The van der Waals surface area contributed by atoms with Crippen LogP contribution in [0.2, 0.25) is 0 Å². The van der Waals surface area contributed by atoms with E-state index in [9.17, 15) is 22.8 Å². The van der Waals surface area contributed by atoms with Crippen LogP contribution in [0.4, 0.5) is 24.5 Å². The highest BCUT2D eigenvalue weighted by molar-refractivity contribution is 6.06. The average molecular weight is 428 g/mol. The number of hydrogen-bond acceptors (Lipinski definition) is 3. The zero-order valence-electron chi connectivity index (χ0n) is 16.5. The van der Waals surface area contributed by atoms with E-state index in [-0.39, 0.29) is 17.2 Å². The summed E-state index contributed by atoms with van der Waals surface area (Å²) in [6, 6.07) is 17.1. The second-order valence-corrected chi connectivity index (χ2v) is 6.52. The molecule has 160 valence electrons. The number of anilines is 2. The molecular weight excluding hydrogens is 409 g/mol. The van der Waals surface area contributed by atoms with Crippen LogP contribution in [0.5, 0.6) is 5.75 Å². The van der Waals surface area contributed by atoms with Gasteiger partial charge in [0.15, 0.2) is 0 Å². The molecule has 3 rings (SSSR count). The Hall–Kier alpha value is -3.81. The van der Waals surface area contributed by atoms with Crippen LogP contribution in [0.3, 0.4) is 0 Å². The normalized spacial score (nSPS) is 11.0. The first-order valence-electron chi connectivity index (χ1n) is 9.39. The third kappa shape index (κ3) is 5.85. The fraction of sp³-hybridized carbons (Fsp3) is 0.130. The Morgan fingerprint density at radius 1 is 0.806 bits per heavy atom. The molecule has 0 bridgehead atoms. The van der Waals surface area contributed by atoms with Crippen molar-refractivity contribution in [3.63, 3.8) is 0 Å². The third-order valence-corrected chi connectivity index (χ3v) is 4.28. The van der Waals surface area contributed by atoms with Gasteiger partial charge >= 0.3 is 6.18 Å². The monoisotopic (exact) mass is 428 g/mol. The van der Waals surface area contributed by atoms with Crippen molar-refractivity contribution in [3.05, 3.63) is 89.5 Å². The smallest absolute Gasteiger partial charge is 0.416 e. The molecule has 0 aliphatic heterocycles. The molecule has 5 nitrogen and oxygen atoms in total. The highest BCUT2D eigenvalue weighted by Crippen LogP contribution is 2.30. The summed E-state index contributed by atoms with van der Waals surface area (Å²) in [6.45, 7) is 2.39. The SMILES string of the molecule is CCOc1ccc(C(=O)Nc2ccc(C(=O)Nc3cccc(C(F)(F)F)c3)cc2)cc1. The van der Waals surface area contributed by atoms with Gasteiger partial charge in [0.25, 0.3) is 11.8 Å². The van der Waals surface area contributed by atoms with Gasteiger partial charge in [-0.15, -0.1) is 0 Å². The minimum atomic E-state index is -4.50. The molecule has 0 unspecified atom stereocenters. The highest BCUT2D eigenvalue weighted by atomic mass is 19.4. The second-order valence-electron chi connectivity index (χ2n) is 6.52. The van der Waals surface area contributed by atoms with E-state index < -0.39 is 17.6 Å². The standard InChI is InChI=1S/C23H19F3N2O3/c1-2-31-20-12-8-16(9-13-20)21(29)27-18-10-6-15(7-11-18)22(30)28-19-5-3-4-17(14-19)23(24,25)26/h3-14H,2H2,1H3,(H,27,29)(H,28,30). The fourth-order valence-electron chi connectivity index (χ4n) is 2.75. The van der Waals surface area contributed by atoms with Crippen molar-refractivity contribution in [2.24, 2.45) is 0 Å². The number of benzene rings is 3. The molecule has 0 saturated carbocycles. The average Bonchev–Trinajstić information content (AvgIpc) is 2.74. The van der Waals surface area contributed by atoms with E-state index in [1.807, 2.05) is 6.92 Å². The topological polar surface area (TPSA) is 67.4 Å². The number of alkyl halides is 3. The van der Waals surface area contributed by atoms with Crippen LogP contribution in [0, 0.1) is 0 Å². The van der Waals surface area contributed by atoms with E-state index in [2.05, 4.69) is 10.6 Å². The van der Waals surface area contributed by atoms with Crippen molar-refractivity contribution < 1.29 is 27.5 Å². The van der Waals surface area contributed by atoms with Gasteiger partial charge in [-0.2, -0.15) is 13.2 Å². The Morgan fingerprint density at radius 3 is 1.90 bits per heavy atom. The van der Waals surface area contributed by atoms with Gasteiger partial charge in [0.1, 0.15) is 5.75 Å². The first kappa shape index (κ1) is 21.9. The highest BCUT2D eigenvalue weighted by Gasteiger charge is 2.30. The molecule has 0 radical (unpaired) electrons. The number of halogens is 3. The van der Waals surface area contributed by atoms with Crippen LogP contribution in [0.1, 0.15) is 33.2 Å². The summed E-state index contributed by atoms with van der Waals surface area (Å²) < 4.78 is 43.7. The zero-order chi connectivity index (χ0) is 22.4. The van der Waals surface area contributed by atoms with E-state index in [1.54, 1.807) is 24.3 Å². The molecule has 0 aliphatic carbocycles. The van der Waals surface area contributed by atoms with Crippen molar-refractivity contribution in [2.45, 2.75) is 13.1 Å². The van der Waals surface area contributed by atoms with E-state index >= 15 is 0 Å². The quantitative estimate of drug-likeness (QED) is 0.536. The maximum Gasteiger partial charge on any atom is 0.416 e. The van der Waals surface area contributed by atoms with Crippen LogP contribution < -0.4 is 15.4 Å². The van der Waals surface area contributed by atoms with Crippen molar-refractivity contribution >= 4 is 23.2 Å².